The van der Waals surface area contributed by atoms with Gasteiger partial charge >= 0.3 is 0 Å². The lowest BCUT2D eigenvalue weighted by Crippen LogP contribution is -2.23. The molecule has 1 atom stereocenters. The Morgan fingerprint density at radius 1 is 1.40 bits per heavy atom. The van der Waals surface area contributed by atoms with E-state index in [1.807, 2.05) is 22.9 Å². The number of para-hydroxylation sites is 1. The van der Waals surface area contributed by atoms with Gasteiger partial charge in [0.15, 0.2) is 0 Å². The van der Waals surface area contributed by atoms with Crippen LogP contribution in [0.2, 0.25) is 0 Å². The third kappa shape index (κ3) is 1.99. The monoisotopic (exact) mass is 204 g/mol. The normalized spacial score (nSPS) is 13.2. The molecule has 0 aliphatic rings. The summed E-state index contributed by atoms with van der Waals surface area (Å²) >= 11 is 0. The van der Waals surface area contributed by atoms with Crippen molar-refractivity contribution in [3.05, 3.63) is 24.3 Å². The fraction of sp³-hybridized carbons (Fsp3) is 0.455. The number of nitrogens with one attached hydrogen (secondary N) is 1. The molecule has 1 aromatic carbocycles. The minimum Gasteiger partial charge on any atom is -0.315 e. The van der Waals surface area contributed by atoms with E-state index < -0.39 is 0 Å². The first-order valence-corrected chi connectivity index (χ1v) is 5.33. The molecule has 0 spiro atoms. The van der Waals surface area contributed by atoms with Crippen LogP contribution in [0.1, 0.15) is 19.9 Å². The van der Waals surface area contributed by atoms with Crippen LogP contribution in [0.3, 0.4) is 0 Å². The van der Waals surface area contributed by atoms with Crippen molar-refractivity contribution in [1.29, 1.82) is 0 Å². The van der Waals surface area contributed by atoms with Crippen molar-refractivity contribution < 1.29 is 0 Å². The van der Waals surface area contributed by atoms with Gasteiger partial charge in [-0.05, 0) is 25.6 Å². The molecule has 80 valence electrons. The molecule has 2 rings (SSSR count). The largest absolute Gasteiger partial charge is 0.315 e. The van der Waals surface area contributed by atoms with Gasteiger partial charge in [-0.1, -0.05) is 24.3 Å². The lowest BCUT2D eigenvalue weighted by Gasteiger charge is -2.12. The van der Waals surface area contributed by atoms with E-state index >= 15 is 0 Å². The first kappa shape index (κ1) is 10.1. The summed E-state index contributed by atoms with van der Waals surface area (Å²) in [5.74, 6) is 0. The summed E-state index contributed by atoms with van der Waals surface area (Å²) in [6, 6.07) is 8.37. The van der Waals surface area contributed by atoms with Crippen molar-refractivity contribution >= 4 is 11.0 Å². The van der Waals surface area contributed by atoms with Crippen LogP contribution in [0.15, 0.2) is 24.3 Å². The summed E-state index contributed by atoms with van der Waals surface area (Å²) in [6.07, 6.45) is 0. The van der Waals surface area contributed by atoms with Crippen LogP contribution in [0, 0.1) is 0 Å². The summed E-state index contributed by atoms with van der Waals surface area (Å²) in [6.45, 7) is 6.15. The molecule has 1 heterocycles. The molecule has 0 aliphatic carbocycles. The highest BCUT2D eigenvalue weighted by Crippen LogP contribution is 2.14. The fourth-order valence-corrected chi connectivity index (χ4v) is 1.65. The van der Waals surface area contributed by atoms with Gasteiger partial charge < -0.3 is 5.32 Å². The standard InChI is InChI=1S/C11H16N4/c1-3-12-8-9(2)15-11-7-5-4-6-10(11)13-14-15/h4-7,9,12H,3,8H2,1-2H3. The first-order chi connectivity index (χ1) is 7.33. The number of aromatic nitrogens is 3. The molecule has 2 aromatic rings. The molecule has 1 aromatic heterocycles. The van der Waals surface area contributed by atoms with Gasteiger partial charge in [-0.2, -0.15) is 0 Å². The Morgan fingerprint density at radius 3 is 3.00 bits per heavy atom. The highest BCUT2D eigenvalue weighted by molar-refractivity contribution is 5.73. The van der Waals surface area contributed by atoms with Crippen molar-refractivity contribution in [2.24, 2.45) is 0 Å². The second-order valence-electron chi connectivity index (χ2n) is 3.68. The lowest BCUT2D eigenvalue weighted by atomic mass is 10.3. The van der Waals surface area contributed by atoms with E-state index in [4.69, 9.17) is 0 Å². The van der Waals surface area contributed by atoms with Gasteiger partial charge in [0.2, 0.25) is 0 Å². The lowest BCUT2D eigenvalue weighted by molar-refractivity contribution is 0.460. The van der Waals surface area contributed by atoms with E-state index in [0.717, 1.165) is 24.1 Å². The molecule has 0 aliphatic heterocycles. The third-order valence-corrected chi connectivity index (χ3v) is 2.48. The molecule has 15 heavy (non-hydrogen) atoms. The van der Waals surface area contributed by atoms with Crippen LogP contribution in [0.4, 0.5) is 0 Å². The number of benzene rings is 1. The minimum absolute atomic E-state index is 0.331. The maximum Gasteiger partial charge on any atom is 0.113 e. The van der Waals surface area contributed by atoms with Crippen LogP contribution in [-0.4, -0.2) is 28.1 Å². The number of nitrogens with zero attached hydrogens (tertiary/aromatic N) is 3. The first-order valence-electron chi connectivity index (χ1n) is 5.33. The van der Waals surface area contributed by atoms with Gasteiger partial charge in [0.25, 0.3) is 0 Å². The van der Waals surface area contributed by atoms with Crippen molar-refractivity contribution in [3.8, 4) is 0 Å². The summed E-state index contributed by atoms with van der Waals surface area (Å²) in [5, 5.41) is 11.6. The summed E-state index contributed by atoms with van der Waals surface area (Å²) in [7, 11) is 0. The average Bonchev–Trinajstić information content (AvgIpc) is 2.69. The van der Waals surface area contributed by atoms with Crippen molar-refractivity contribution in [2.45, 2.75) is 19.9 Å². The van der Waals surface area contributed by atoms with Gasteiger partial charge in [0.05, 0.1) is 11.6 Å². The van der Waals surface area contributed by atoms with E-state index in [1.54, 1.807) is 0 Å². The number of rotatable bonds is 4. The zero-order valence-electron chi connectivity index (χ0n) is 9.14. The molecule has 0 radical (unpaired) electrons. The van der Waals surface area contributed by atoms with Crippen LogP contribution in [-0.2, 0) is 0 Å². The number of hydrogen-bond donors (Lipinski definition) is 1. The molecule has 1 N–H and O–H groups in total. The van der Waals surface area contributed by atoms with Crippen molar-refractivity contribution in [2.75, 3.05) is 13.1 Å². The fourth-order valence-electron chi connectivity index (χ4n) is 1.65. The van der Waals surface area contributed by atoms with E-state index in [9.17, 15) is 0 Å². The molecular formula is C11H16N4. The van der Waals surface area contributed by atoms with Gasteiger partial charge in [0.1, 0.15) is 5.52 Å². The molecular weight excluding hydrogens is 188 g/mol. The Bertz CT molecular complexity index is 435. The Balaban J connectivity index is 2.27. The maximum absolute atomic E-state index is 4.17. The van der Waals surface area contributed by atoms with Gasteiger partial charge in [-0.25, -0.2) is 4.68 Å². The Hall–Kier alpha value is -1.42. The molecule has 1 unspecified atom stereocenters. The molecule has 4 nitrogen and oxygen atoms in total. The third-order valence-electron chi connectivity index (χ3n) is 2.48. The van der Waals surface area contributed by atoms with Crippen molar-refractivity contribution in [3.63, 3.8) is 0 Å². The van der Waals surface area contributed by atoms with Crippen LogP contribution in [0.5, 0.6) is 0 Å². The van der Waals surface area contributed by atoms with Gasteiger partial charge in [-0.3, -0.25) is 0 Å². The predicted octanol–water partition coefficient (Wildman–Crippen LogP) is 1.60. The molecule has 4 heteroatoms. The van der Waals surface area contributed by atoms with Gasteiger partial charge in [-0.15, -0.1) is 5.10 Å². The minimum atomic E-state index is 0.331. The van der Waals surface area contributed by atoms with Crippen LogP contribution in [0.25, 0.3) is 11.0 Å². The summed E-state index contributed by atoms with van der Waals surface area (Å²) in [5.41, 5.74) is 2.06. The zero-order chi connectivity index (χ0) is 10.7. The zero-order valence-corrected chi connectivity index (χ0v) is 9.14. The number of likely N-dealkylation sites (N-methyl/N-ethyl adjacent to an activating group) is 1. The Morgan fingerprint density at radius 2 is 2.20 bits per heavy atom. The van der Waals surface area contributed by atoms with E-state index in [1.165, 1.54) is 0 Å². The second kappa shape index (κ2) is 4.40. The average molecular weight is 204 g/mol. The number of fused-ring (bicyclic) bond motifs is 1. The van der Waals surface area contributed by atoms with Crippen LogP contribution >= 0.6 is 0 Å². The smallest absolute Gasteiger partial charge is 0.113 e. The topological polar surface area (TPSA) is 42.7 Å². The van der Waals surface area contributed by atoms with E-state index in [2.05, 4.69) is 35.5 Å². The van der Waals surface area contributed by atoms with Gasteiger partial charge in [0, 0.05) is 6.54 Å². The predicted molar refractivity (Wildman–Crippen MR) is 60.8 cm³/mol. The Labute approximate surface area is 89.3 Å². The molecule has 0 saturated heterocycles. The quantitative estimate of drug-likeness (QED) is 0.822. The molecule has 0 saturated carbocycles. The highest BCUT2D eigenvalue weighted by atomic mass is 15.4. The SMILES string of the molecule is CCNCC(C)n1nnc2ccccc21. The summed E-state index contributed by atoms with van der Waals surface area (Å²) in [4.78, 5) is 0. The molecule has 0 amide bonds. The van der Waals surface area contributed by atoms with Crippen LogP contribution < -0.4 is 5.32 Å². The Kier molecular flexibility index (Phi) is 2.97. The second-order valence-corrected chi connectivity index (χ2v) is 3.68. The highest BCUT2D eigenvalue weighted by Gasteiger charge is 2.09. The van der Waals surface area contributed by atoms with E-state index in [-0.39, 0.29) is 0 Å². The van der Waals surface area contributed by atoms with Crippen molar-refractivity contribution in [1.82, 2.24) is 20.3 Å². The molecule has 0 fully saturated rings. The van der Waals surface area contributed by atoms with E-state index in [0.29, 0.717) is 6.04 Å². The maximum atomic E-state index is 4.17. The number of hydrogen-bond acceptors (Lipinski definition) is 3. The molecule has 0 bridgehead atoms. The summed E-state index contributed by atoms with van der Waals surface area (Å²) < 4.78 is 1.97.